The fraction of sp³-hybridized carbons (Fsp3) is 0.846. The van der Waals surface area contributed by atoms with Crippen LogP contribution in [0, 0.1) is 0 Å². The monoisotopic (exact) mass is 268 g/mol. The maximum Gasteiger partial charge on any atom is 0.229 e. The number of rotatable bonds is 5. The number of ether oxygens (including phenoxy) is 1. The SMILES string of the molecule is CC(C)c1nc(CN2CCOC(CN(C)C)C2)no1. The summed E-state index contributed by atoms with van der Waals surface area (Å²) in [7, 11) is 4.13. The van der Waals surface area contributed by atoms with Crippen molar-refractivity contribution in [2.24, 2.45) is 0 Å². The van der Waals surface area contributed by atoms with Gasteiger partial charge in [0.25, 0.3) is 0 Å². The van der Waals surface area contributed by atoms with E-state index in [9.17, 15) is 0 Å². The van der Waals surface area contributed by atoms with Crippen LogP contribution in [0.25, 0.3) is 0 Å². The number of nitrogens with zero attached hydrogens (tertiary/aromatic N) is 4. The van der Waals surface area contributed by atoms with Gasteiger partial charge >= 0.3 is 0 Å². The first-order valence-electron chi connectivity index (χ1n) is 6.85. The lowest BCUT2D eigenvalue weighted by Crippen LogP contribution is -2.46. The normalized spacial score (nSPS) is 21.5. The van der Waals surface area contributed by atoms with Gasteiger partial charge in [0.05, 0.1) is 19.3 Å². The molecule has 0 aromatic carbocycles. The van der Waals surface area contributed by atoms with Crippen molar-refractivity contribution >= 4 is 0 Å². The molecule has 0 spiro atoms. The summed E-state index contributed by atoms with van der Waals surface area (Å²) in [5, 5.41) is 4.04. The molecule has 19 heavy (non-hydrogen) atoms. The van der Waals surface area contributed by atoms with Gasteiger partial charge in [-0.3, -0.25) is 4.90 Å². The Morgan fingerprint density at radius 2 is 2.21 bits per heavy atom. The first-order valence-corrected chi connectivity index (χ1v) is 6.85. The van der Waals surface area contributed by atoms with Gasteiger partial charge in [0.2, 0.25) is 5.89 Å². The zero-order valence-corrected chi connectivity index (χ0v) is 12.3. The number of likely N-dealkylation sites (N-methyl/N-ethyl adjacent to an activating group) is 1. The van der Waals surface area contributed by atoms with Crippen LogP contribution in [0.5, 0.6) is 0 Å². The molecule has 1 aromatic rings. The lowest BCUT2D eigenvalue weighted by atomic mass is 10.2. The number of morpholine rings is 1. The second kappa shape index (κ2) is 6.45. The summed E-state index contributed by atoms with van der Waals surface area (Å²) in [5.41, 5.74) is 0. The van der Waals surface area contributed by atoms with Crippen LogP contribution in [-0.2, 0) is 11.3 Å². The second-order valence-electron chi connectivity index (χ2n) is 5.69. The van der Waals surface area contributed by atoms with E-state index in [0.717, 1.165) is 38.6 Å². The highest BCUT2D eigenvalue weighted by Crippen LogP contribution is 2.13. The maximum atomic E-state index is 5.75. The van der Waals surface area contributed by atoms with Crippen LogP contribution >= 0.6 is 0 Å². The minimum absolute atomic E-state index is 0.264. The van der Waals surface area contributed by atoms with E-state index in [1.807, 2.05) is 0 Å². The van der Waals surface area contributed by atoms with E-state index in [1.54, 1.807) is 0 Å². The van der Waals surface area contributed by atoms with Gasteiger partial charge in [-0.05, 0) is 14.1 Å². The predicted molar refractivity (Wildman–Crippen MR) is 72.0 cm³/mol. The quantitative estimate of drug-likeness (QED) is 0.792. The van der Waals surface area contributed by atoms with Crippen molar-refractivity contribution in [1.82, 2.24) is 19.9 Å². The van der Waals surface area contributed by atoms with Crippen molar-refractivity contribution < 1.29 is 9.26 Å². The molecular formula is C13H24N4O2. The topological polar surface area (TPSA) is 54.6 Å². The average Bonchev–Trinajstić information content (AvgIpc) is 2.77. The smallest absolute Gasteiger partial charge is 0.229 e. The molecule has 1 aliphatic rings. The van der Waals surface area contributed by atoms with Crippen molar-refractivity contribution in [3.05, 3.63) is 11.7 Å². The molecule has 2 rings (SSSR count). The van der Waals surface area contributed by atoms with Crippen LogP contribution in [-0.4, -0.2) is 66.4 Å². The van der Waals surface area contributed by atoms with E-state index in [0.29, 0.717) is 5.89 Å². The molecule has 108 valence electrons. The van der Waals surface area contributed by atoms with Crippen molar-refractivity contribution in [2.75, 3.05) is 40.3 Å². The molecule has 1 fully saturated rings. The largest absolute Gasteiger partial charge is 0.374 e. The molecule has 6 heteroatoms. The Morgan fingerprint density at radius 1 is 1.42 bits per heavy atom. The highest BCUT2D eigenvalue weighted by Gasteiger charge is 2.22. The van der Waals surface area contributed by atoms with Crippen LogP contribution in [0.3, 0.4) is 0 Å². The Hall–Kier alpha value is -0.980. The van der Waals surface area contributed by atoms with E-state index in [-0.39, 0.29) is 12.0 Å². The minimum atomic E-state index is 0.264. The van der Waals surface area contributed by atoms with Crippen molar-refractivity contribution in [2.45, 2.75) is 32.4 Å². The zero-order chi connectivity index (χ0) is 13.8. The van der Waals surface area contributed by atoms with Crippen LogP contribution < -0.4 is 0 Å². The van der Waals surface area contributed by atoms with Gasteiger partial charge in [0.1, 0.15) is 0 Å². The van der Waals surface area contributed by atoms with E-state index >= 15 is 0 Å². The number of hydrogen-bond donors (Lipinski definition) is 0. The molecule has 0 amide bonds. The number of hydrogen-bond acceptors (Lipinski definition) is 6. The Kier molecular flexibility index (Phi) is 4.90. The molecular weight excluding hydrogens is 244 g/mol. The Labute approximate surface area is 114 Å². The van der Waals surface area contributed by atoms with Gasteiger partial charge in [-0.2, -0.15) is 4.98 Å². The van der Waals surface area contributed by atoms with Gasteiger partial charge < -0.3 is 14.2 Å². The summed E-state index contributed by atoms with van der Waals surface area (Å²) in [6, 6.07) is 0. The summed E-state index contributed by atoms with van der Waals surface area (Å²) >= 11 is 0. The van der Waals surface area contributed by atoms with Crippen LogP contribution in [0.2, 0.25) is 0 Å². The summed E-state index contributed by atoms with van der Waals surface area (Å²) in [5.74, 6) is 1.77. The zero-order valence-electron chi connectivity index (χ0n) is 12.3. The van der Waals surface area contributed by atoms with Gasteiger partial charge in [-0.25, -0.2) is 0 Å². The maximum absolute atomic E-state index is 5.75. The lowest BCUT2D eigenvalue weighted by Gasteiger charge is -2.33. The average molecular weight is 268 g/mol. The molecule has 0 aliphatic carbocycles. The molecule has 2 heterocycles. The van der Waals surface area contributed by atoms with Crippen molar-refractivity contribution in [3.8, 4) is 0 Å². The Morgan fingerprint density at radius 3 is 2.84 bits per heavy atom. The third-order valence-electron chi connectivity index (χ3n) is 3.13. The molecule has 1 atom stereocenters. The fourth-order valence-corrected chi connectivity index (χ4v) is 2.21. The van der Waals surface area contributed by atoms with Crippen LogP contribution in [0.4, 0.5) is 0 Å². The molecule has 1 saturated heterocycles. The Balaban J connectivity index is 1.87. The van der Waals surface area contributed by atoms with Crippen molar-refractivity contribution in [1.29, 1.82) is 0 Å². The molecule has 1 aliphatic heterocycles. The van der Waals surface area contributed by atoms with E-state index in [4.69, 9.17) is 9.26 Å². The summed E-state index contributed by atoms with van der Waals surface area (Å²) in [4.78, 5) is 8.90. The molecule has 0 saturated carbocycles. The van der Waals surface area contributed by atoms with E-state index < -0.39 is 0 Å². The van der Waals surface area contributed by atoms with Gasteiger partial charge in [-0.1, -0.05) is 19.0 Å². The molecule has 6 nitrogen and oxygen atoms in total. The summed E-state index contributed by atoms with van der Waals surface area (Å²) in [6.45, 7) is 8.41. The fourth-order valence-electron chi connectivity index (χ4n) is 2.21. The van der Waals surface area contributed by atoms with Crippen LogP contribution in [0.15, 0.2) is 4.52 Å². The second-order valence-corrected chi connectivity index (χ2v) is 5.69. The number of aromatic nitrogens is 2. The Bertz CT molecular complexity index is 392. The van der Waals surface area contributed by atoms with Gasteiger partial charge in [0.15, 0.2) is 5.82 Å². The minimum Gasteiger partial charge on any atom is -0.374 e. The standard InChI is InChI=1S/C13H24N4O2/c1-10(2)13-14-12(15-19-13)9-17-5-6-18-11(8-17)7-16(3)4/h10-11H,5-9H2,1-4H3. The lowest BCUT2D eigenvalue weighted by molar-refractivity contribution is -0.0414. The van der Waals surface area contributed by atoms with Crippen molar-refractivity contribution in [3.63, 3.8) is 0 Å². The van der Waals surface area contributed by atoms with E-state index in [2.05, 4.69) is 47.9 Å². The predicted octanol–water partition coefficient (Wildman–Crippen LogP) is 0.955. The highest BCUT2D eigenvalue weighted by molar-refractivity contribution is 4.91. The third-order valence-corrected chi connectivity index (χ3v) is 3.13. The molecule has 0 bridgehead atoms. The summed E-state index contributed by atoms with van der Waals surface area (Å²) in [6.07, 6.45) is 0.264. The molecule has 1 aromatic heterocycles. The molecule has 0 N–H and O–H groups in total. The van der Waals surface area contributed by atoms with Gasteiger partial charge in [-0.15, -0.1) is 0 Å². The molecule has 0 radical (unpaired) electrons. The third kappa shape index (κ3) is 4.26. The first-order chi connectivity index (χ1) is 9.04. The molecule has 1 unspecified atom stereocenters. The highest BCUT2D eigenvalue weighted by atomic mass is 16.5. The van der Waals surface area contributed by atoms with Crippen LogP contribution in [0.1, 0.15) is 31.5 Å². The summed E-state index contributed by atoms with van der Waals surface area (Å²) < 4.78 is 11.0. The first kappa shape index (κ1) is 14.4. The van der Waals surface area contributed by atoms with E-state index in [1.165, 1.54) is 0 Å². The van der Waals surface area contributed by atoms with Gasteiger partial charge in [0, 0.05) is 25.6 Å².